The maximum atomic E-state index is 11.8. The van der Waals surface area contributed by atoms with E-state index in [2.05, 4.69) is 47.6 Å². The van der Waals surface area contributed by atoms with E-state index >= 15 is 0 Å². The number of hydrogen-bond acceptors (Lipinski definition) is 4. The fourth-order valence-corrected chi connectivity index (χ4v) is 2.56. The van der Waals surface area contributed by atoms with Crippen molar-refractivity contribution >= 4 is 17.7 Å². The second-order valence-corrected chi connectivity index (χ2v) is 5.83. The van der Waals surface area contributed by atoms with Gasteiger partial charge in [-0.25, -0.2) is 5.10 Å². The van der Waals surface area contributed by atoms with Gasteiger partial charge in [0.05, 0.1) is 0 Å². The van der Waals surface area contributed by atoms with Gasteiger partial charge in [-0.1, -0.05) is 6.07 Å². The molecule has 0 atom stereocenters. The highest BCUT2D eigenvalue weighted by Gasteiger charge is 2.06. The average Bonchev–Trinajstić information content (AvgIpc) is 2.47. The summed E-state index contributed by atoms with van der Waals surface area (Å²) in [5.41, 5.74) is 2.43. The van der Waals surface area contributed by atoms with Crippen molar-refractivity contribution < 1.29 is 4.79 Å². The van der Waals surface area contributed by atoms with E-state index in [0.29, 0.717) is 6.54 Å². The number of thioether (sulfide) groups is 1. The minimum atomic E-state index is -0.322. The van der Waals surface area contributed by atoms with Crippen LogP contribution in [0, 0.1) is 13.8 Å². The number of H-pyrrole nitrogens is 1. The first-order valence-electron chi connectivity index (χ1n) is 6.60. The molecule has 0 aliphatic carbocycles. The number of hydrogen-bond donors (Lipinski definition) is 2. The lowest BCUT2D eigenvalue weighted by Crippen LogP contribution is -2.27. The summed E-state index contributed by atoms with van der Waals surface area (Å²) in [7, 11) is 0. The van der Waals surface area contributed by atoms with Crippen LogP contribution in [0.15, 0.2) is 40.0 Å². The Bertz CT molecular complexity index is 677. The summed E-state index contributed by atoms with van der Waals surface area (Å²) >= 11 is 1.69. The van der Waals surface area contributed by atoms with Crippen molar-refractivity contribution in [2.24, 2.45) is 0 Å². The molecule has 1 aromatic heterocycles. The summed E-state index contributed by atoms with van der Waals surface area (Å²) in [5, 5.41) is 8.69. The molecule has 5 nitrogen and oxygen atoms in total. The van der Waals surface area contributed by atoms with Gasteiger partial charge in [0.15, 0.2) is 0 Å². The third-order valence-electron chi connectivity index (χ3n) is 3.05. The van der Waals surface area contributed by atoms with E-state index in [-0.39, 0.29) is 17.2 Å². The Hall–Kier alpha value is -2.08. The molecule has 6 heteroatoms. The predicted octanol–water partition coefficient (Wildman–Crippen LogP) is 1.91. The normalized spacial score (nSPS) is 10.4. The number of nitrogens with one attached hydrogen (secondary N) is 2. The molecule has 2 aromatic rings. The Morgan fingerprint density at radius 1 is 1.24 bits per heavy atom. The predicted molar refractivity (Wildman–Crippen MR) is 83.8 cm³/mol. The lowest BCUT2D eigenvalue weighted by molar-refractivity contribution is 0.0950. The van der Waals surface area contributed by atoms with E-state index in [1.165, 1.54) is 28.2 Å². The van der Waals surface area contributed by atoms with E-state index in [0.717, 1.165) is 5.75 Å². The Morgan fingerprint density at radius 2 is 2.05 bits per heavy atom. The summed E-state index contributed by atoms with van der Waals surface area (Å²) in [6.07, 6.45) is 0. The van der Waals surface area contributed by atoms with Crippen molar-refractivity contribution in [3.05, 3.63) is 57.5 Å². The monoisotopic (exact) mass is 303 g/mol. The van der Waals surface area contributed by atoms with Crippen molar-refractivity contribution in [2.45, 2.75) is 18.7 Å². The van der Waals surface area contributed by atoms with Crippen LogP contribution < -0.4 is 10.9 Å². The number of nitrogens with zero attached hydrogens (tertiary/aromatic N) is 1. The van der Waals surface area contributed by atoms with Gasteiger partial charge in [0, 0.05) is 23.3 Å². The quantitative estimate of drug-likeness (QED) is 0.653. The van der Waals surface area contributed by atoms with Gasteiger partial charge in [0.2, 0.25) is 0 Å². The largest absolute Gasteiger partial charge is 0.350 e. The zero-order valence-electron chi connectivity index (χ0n) is 12.0. The molecule has 0 saturated carbocycles. The second-order valence-electron chi connectivity index (χ2n) is 4.66. The number of carbonyl (C=O) groups excluding carboxylic acids is 1. The number of benzene rings is 1. The van der Waals surface area contributed by atoms with Gasteiger partial charge >= 0.3 is 0 Å². The Labute approximate surface area is 127 Å². The minimum Gasteiger partial charge on any atom is -0.350 e. The van der Waals surface area contributed by atoms with Crippen molar-refractivity contribution in [3.63, 3.8) is 0 Å². The first-order chi connectivity index (χ1) is 10.1. The first kappa shape index (κ1) is 15.3. The zero-order valence-corrected chi connectivity index (χ0v) is 12.8. The fraction of sp³-hybridized carbons (Fsp3) is 0.267. The van der Waals surface area contributed by atoms with Crippen LogP contribution in [-0.2, 0) is 0 Å². The molecule has 0 fully saturated rings. The van der Waals surface area contributed by atoms with Gasteiger partial charge in [-0.2, -0.15) is 5.10 Å². The van der Waals surface area contributed by atoms with Gasteiger partial charge in [-0.3, -0.25) is 9.59 Å². The smallest absolute Gasteiger partial charge is 0.271 e. The number of amides is 1. The maximum Gasteiger partial charge on any atom is 0.271 e. The molecular formula is C15H17N3O2S. The van der Waals surface area contributed by atoms with Gasteiger partial charge in [-0.05, 0) is 43.2 Å². The highest BCUT2D eigenvalue weighted by atomic mass is 32.2. The molecule has 0 spiro atoms. The van der Waals surface area contributed by atoms with Crippen LogP contribution >= 0.6 is 11.8 Å². The highest BCUT2D eigenvalue weighted by Crippen LogP contribution is 2.20. The van der Waals surface area contributed by atoms with E-state index in [1.807, 2.05) is 0 Å². The lowest BCUT2D eigenvalue weighted by atomic mass is 10.1. The first-order valence-corrected chi connectivity index (χ1v) is 7.59. The second kappa shape index (κ2) is 7.08. The van der Waals surface area contributed by atoms with Crippen LogP contribution in [0.2, 0.25) is 0 Å². The van der Waals surface area contributed by atoms with Gasteiger partial charge in [-0.15, -0.1) is 11.8 Å². The van der Waals surface area contributed by atoms with Crippen molar-refractivity contribution in [3.8, 4) is 0 Å². The summed E-state index contributed by atoms with van der Waals surface area (Å²) in [5.74, 6) is 0.490. The maximum absolute atomic E-state index is 11.8. The molecule has 0 radical (unpaired) electrons. The van der Waals surface area contributed by atoms with E-state index < -0.39 is 0 Å². The molecule has 0 aliphatic heterocycles. The number of aryl methyl sites for hydroxylation is 2. The van der Waals surface area contributed by atoms with Crippen LogP contribution in [0.1, 0.15) is 21.6 Å². The summed E-state index contributed by atoms with van der Waals surface area (Å²) < 4.78 is 0. The minimum absolute atomic E-state index is 0.214. The van der Waals surface area contributed by atoms with Gasteiger partial charge in [0.1, 0.15) is 5.69 Å². The molecule has 0 aliphatic rings. The number of rotatable bonds is 5. The molecule has 2 rings (SSSR count). The molecule has 110 valence electrons. The summed E-state index contributed by atoms with van der Waals surface area (Å²) in [6.45, 7) is 4.71. The van der Waals surface area contributed by atoms with Gasteiger partial charge < -0.3 is 5.32 Å². The third-order valence-corrected chi connectivity index (χ3v) is 4.04. The van der Waals surface area contributed by atoms with Gasteiger partial charge in [0.25, 0.3) is 11.5 Å². The zero-order chi connectivity index (χ0) is 15.2. The topological polar surface area (TPSA) is 74.8 Å². The molecule has 1 amide bonds. The van der Waals surface area contributed by atoms with Crippen LogP contribution in [-0.4, -0.2) is 28.4 Å². The number of aromatic nitrogens is 2. The molecule has 21 heavy (non-hydrogen) atoms. The summed E-state index contributed by atoms with van der Waals surface area (Å²) in [6, 6.07) is 9.01. The summed E-state index contributed by atoms with van der Waals surface area (Å²) in [4.78, 5) is 23.8. The van der Waals surface area contributed by atoms with Crippen LogP contribution in [0.3, 0.4) is 0 Å². The van der Waals surface area contributed by atoms with E-state index in [9.17, 15) is 9.59 Å². The van der Waals surface area contributed by atoms with Crippen LogP contribution in [0.4, 0.5) is 0 Å². The standard InChI is InChI=1S/C15H17N3O2S/c1-10-3-4-12(9-11(10)2)21-8-7-16-15(20)13-5-6-14(19)18-17-13/h3-6,9H,7-8H2,1-2H3,(H,16,20)(H,18,19). The van der Waals surface area contributed by atoms with Crippen molar-refractivity contribution in [1.29, 1.82) is 0 Å². The Morgan fingerprint density at radius 3 is 2.71 bits per heavy atom. The molecule has 2 N–H and O–H groups in total. The third kappa shape index (κ3) is 4.46. The Kier molecular flexibility index (Phi) is 5.16. The highest BCUT2D eigenvalue weighted by molar-refractivity contribution is 7.99. The average molecular weight is 303 g/mol. The van der Waals surface area contributed by atoms with Crippen molar-refractivity contribution in [2.75, 3.05) is 12.3 Å². The molecule has 1 aromatic carbocycles. The number of carbonyl (C=O) groups is 1. The molecule has 0 bridgehead atoms. The Balaban J connectivity index is 1.79. The molecule has 1 heterocycles. The molecular weight excluding hydrogens is 286 g/mol. The fourth-order valence-electron chi connectivity index (χ4n) is 1.70. The SMILES string of the molecule is Cc1ccc(SCCNC(=O)c2ccc(=O)[nH]n2)cc1C. The lowest BCUT2D eigenvalue weighted by Gasteiger charge is -2.06. The number of aromatic amines is 1. The van der Waals surface area contributed by atoms with Crippen LogP contribution in [0.5, 0.6) is 0 Å². The van der Waals surface area contributed by atoms with Crippen LogP contribution in [0.25, 0.3) is 0 Å². The van der Waals surface area contributed by atoms with Crippen molar-refractivity contribution in [1.82, 2.24) is 15.5 Å². The molecule has 0 saturated heterocycles. The van der Waals surface area contributed by atoms with E-state index in [1.54, 1.807) is 11.8 Å². The van der Waals surface area contributed by atoms with E-state index in [4.69, 9.17) is 0 Å². The molecule has 0 unspecified atom stereocenters.